The van der Waals surface area contributed by atoms with Crippen LogP contribution in [0.2, 0.25) is 0 Å². The van der Waals surface area contributed by atoms with Crippen LogP contribution in [0.15, 0.2) is 34.9 Å². The summed E-state index contributed by atoms with van der Waals surface area (Å²) >= 11 is 2.98. The summed E-state index contributed by atoms with van der Waals surface area (Å²) in [7, 11) is 0. The first-order chi connectivity index (χ1) is 9.52. The molecule has 5 nitrogen and oxygen atoms in total. The van der Waals surface area contributed by atoms with Crippen molar-refractivity contribution in [2.24, 2.45) is 5.84 Å². The van der Waals surface area contributed by atoms with Crippen molar-refractivity contribution in [1.29, 1.82) is 0 Å². The summed E-state index contributed by atoms with van der Waals surface area (Å²) in [5.74, 6) is 3.11. The molecule has 0 aliphatic carbocycles. The van der Waals surface area contributed by atoms with Crippen molar-refractivity contribution in [1.82, 2.24) is 4.98 Å². The Morgan fingerprint density at radius 1 is 1.35 bits per heavy atom. The number of amides is 1. The third-order valence-corrected chi connectivity index (χ3v) is 3.06. The molecular formula is C12H9BrF2N4O. The first-order valence-electron chi connectivity index (χ1n) is 5.40. The molecule has 1 aromatic carbocycles. The molecule has 1 aromatic heterocycles. The van der Waals surface area contributed by atoms with E-state index in [1.807, 2.05) is 0 Å². The number of benzene rings is 1. The third kappa shape index (κ3) is 2.91. The number of anilines is 2. The Hall–Kier alpha value is -2.06. The summed E-state index contributed by atoms with van der Waals surface area (Å²) < 4.78 is 26.7. The molecule has 20 heavy (non-hydrogen) atoms. The normalized spacial score (nSPS) is 10.2. The van der Waals surface area contributed by atoms with E-state index in [1.54, 1.807) is 0 Å². The van der Waals surface area contributed by atoms with Crippen LogP contribution in [-0.4, -0.2) is 10.9 Å². The number of carbonyl (C=O) groups is 1. The molecule has 2 rings (SSSR count). The van der Waals surface area contributed by atoms with Crippen molar-refractivity contribution >= 4 is 33.3 Å². The number of nitrogens with zero attached hydrogens (tertiary/aromatic N) is 1. The first kappa shape index (κ1) is 14.4. The van der Waals surface area contributed by atoms with Gasteiger partial charge < -0.3 is 10.7 Å². The Morgan fingerprint density at radius 3 is 2.75 bits per heavy atom. The fourth-order valence-corrected chi connectivity index (χ4v) is 2.05. The summed E-state index contributed by atoms with van der Waals surface area (Å²) in [5.41, 5.74) is 2.23. The van der Waals surface area contributed by atoms with Crippen LogP contribution in [0.5, 0.6) is 0 Å². The number of nitrogen functional groups attached to an aromatic ring is 1. The van der Waals surface area contributed by atoms with Gasteiger partial charge in [0.1, 0.15) is 5.82 Å². The monoisotopic (exact) mass is 342 g/mol. The van der Waals surface area contributed by atoms with Gasteiger partial charge in [0.2, 0.25) is 0 Å². The average molecular weight is 343 g/mol. The first-order valence-corrected chi connectivity index (χ1v) is 6.19. The number of halogens is 3. The van der Waals surface area contributed by atoms with Gasteiger partial charge in [0, 0.05) is 16.7 Å². The highest BCUT2D eigenvalue weighted by Crippen LogP contribution is 2.27. The van der Waals surface area contributed by atoms with Crippen LogP contribution >= 0.6 is 15.9 Å². The lowest BCUT2D eigenvalue weighted by atomic mass is 10.2. The van der Waals surface area contributed by atoms with Crippen LogP contribution in [0.3, 0.4) is 0 Å². The minimum atomic E-state index is -0.892. The second-order valence-corrected chi connectivity index (χ2v) is 4.60. The van der Waals surface area contributed by atoms with Crippen molar-refractivity contribution in [3.8, 4) is 0 Å². The van der Waals surface area contributed by atoms with Gasteiger partial charge in [0.25, 0.3) is 5.91 Å². The minimum absolute atomic E-state index is 0.0921. The predicted molar refractivity (Wildman–Crippen MR) is 74.1 cm³/mol. The lowest BCUT2D eigenvalue weighted by Crippen LogP contribution is -2.19. The predicted octanol–water partition coefficient (Wildman–Crippen LogP) is 2.66. The second kappa shape index (κ2) is 5.93. The van der Waals surface area contributed by atoms with E-state index in [9.17, 15) is 13.6 Å². The third-order valence-electron chi connectivity index (χ3n) is 2.43. The van der Waals surface area contributed by atoms with Gasteiger partial charge in [-0.05, 0) is 34.1 Å². The Morgan fingerprint density at radius 2 is 2.10 bits per heavy atom. The van der Waals surface area contributed by atoms with Gasteiger partial charge in [-0.15, -0.1) is 0 Å². The van der Waals surface area contributed by atoms with Gasteiger partial charge in [-0.2, -0.15) is 0 Å². The molecule has 104 valence electrons. The highest BCUT2D eigenvalue weighted by Gasteiger charge is 2.16. The average Bonchev–Trinajstić information content (AvgIpc) is 2.42. The maximum Gasteiger partial charge on any atom is 0.259 e. The molecule has 0 saturated heterocycles. The molecule has 2 aromatic rings. The summed E-state index contributed by atoms with van der Waals surface area (Å²) in [6, 6.07) is 4.72. The Balaban J connectivity index is 2.33. The summed E-state index contributed by atoms with van der Waals surface area (Å²) in [6.07, 6.45) is 1.44. The van der Waals surface area contributed by atoms with E-state index in [4.69, 9.17) is 5.84 Å². The largest absolute Gasteiger partial charge is 0.318 e. The van der Waals surface area contributed by atoms with Gasteiger partial charge in [-0.25, -0.2) is 19.6 Å². The Kier molecular flexibility index (Phi) is 4.26. The highest BCUT2D eigenvalue weighted by atomic mass is 79.9. The molecule has 1 amide bonds. The van der Waals surface area contributed by atoms with Crippen molar-refractivity contribution in [2.75, 3.05) is 10.7 Å². The van der Waals surface area contributed by atoms with Crippen molar-refractivity contribution < 1.29 is 13.6 Å². The van der Waals surface area contributed by atoms with Crippen LogP contribution < -0.4 is 16.6 Å². The van der Waals surface area contributed by atoms with Gasteiger partial charge in [-0.3, -0.25) is 4.79 Å². The van der Waals surface area contributed by atoms with E-state index in [2.05, 4.69) is 31.7 Å². The molecule has 1 heterocycles. The number of hydrogen-bond donors (Lipinski definition) is 3. The zero-order chi connectivity index (χ0) is 14.7. The molecule has 0 aliphatic heterocycles. The van der Waals surface area contributed by atoms with Crippen LogP contribution in [0.1, 0.15) is 10.4 Å². The number of nitrogens with two attached hydrogens (primary N) is 1. The van der Waals surface area contributed by atoms with Gasteiger partial charge in [0.05, 0.1) is 11.3 Å². The molecule has 4 N–H and O–H groups in total. The van der Waals surface area contributed by atoms with E-state index >= 15 is 0 Å². The molecule has 0 radical (unpaired) electrons. The van der Waals surface area contributed by atoms with Crippen molar-refractivity contribution in [3.63, 3.8) is 0 Å². The van der Waals surface area contributed by atoms with Gasteiger partial charge in [-0.1, -0.05) is 0 Å². The summed E-state index contributed by atoms with van der Waals surface area (Å²) in [5, 5.41) is 2.33. The second-order valence-electron chi connectivity index (χ2n) is 3.74. The molecule has 0 saturated carbocycles. The zero-order valence-corrected chi connectivity index (χ0v) is 11.5. The van der Waals surface area contributed by atoms with Crippen LogP contribution in [0.25, 0.3) is 0 Å². The van der Waals surface area contributed by atoms with Crippen molar-refractivity contribution in [2.45, 2.75) is 0 Å². The minimum Gasteiger partial charge on any atom is -0.318 e. The Labute approximate surface area is 121 Å². The molecule has 0 bridgehead atoms. The summed E-state index contributed by atoms with van der Waals surface area (Å²) in [4.78, 5) is 15.9. The zero-order valence-electron chi connectivity index (χ0n) is 9.95. The molecule has 0 fully saturated rings. The van der Waals surface area contributed by atoms with Crippen LogP contribution in [0.4, 0.5) is 20.3 Å². The highest BCUT2D eigenvalue weighted by molar-refractivity contribution is 9.10. The number of carbonyl (C=O) groups excluding carboxylic acids is 1. The number of hydrogen-bond acceptors (Lipinski definition) is 4. The van der Waals surface area contributed by atoms with E-state index in [-0.39, 0.29) is 21.5 Å². The fourth-order valence-electron chi connectivity index (χ4n) is 1.55. The van der Waals surface area contributed by atoms with Crippen molar-refractivity contribution in [3.05, 3.63) is 52.1 Å². The topological polar surface area (TPSA) is 80.0 Å². The van der Waals surface area contributed by atoms with Crippen LogP contribution in [-0.2, 0) is 0 Å². The SMILES string of the molecule is NNc1ncccc1C(=O)Nc1c(F)cc(F)cc1Br. The Bertz CT molecular complexity index is 643. The van der Waals surface area contributed by atoms with Gasteiger partial charge in [0.15, 0.2) is 11.6 Å². The smallest absolute Gasteiger partial charge is 0.259 e. The van der Waals surface area contributed by atoms with E-state index in [1.165, 1.54) is 18.3 Å². The molecule has 0 unspecified atom stereocenters. The summed E-state index contributed by atoms with van der Waals surface area (Å²) in [6.45, 7) is 0. The lowest BCUT2D eigenvalue weighted by Gasteiger charge is -2.10. The molecule has 0 spiro atoms. The van der Waals surface area contributed by atoms with E-state index < -0.39 is 17.5 Å². The standard InChI is InChI=1S/C12H9BrF2N4O/c13-8-4-6(14)5-9(15)10(8)18-12(20)7-2-1-3-17-11(7)19-16/h1-5H,16H2,(H,17,19)(H,18,20). The maximum atomic E-state index is 13.6. The molecule has 0 aliphatic rings. The van der Waals surface area contributed by atoms with Crippen LogP contribution in [0, 0.1) is 11.6 Å². The van der Waals surface area contributed by atoms with E-state index in [0.717, 1.165) is 6.07 Å². The number of aromatic nitrogens is 1. The number of rotatable bonds is 3. The quantitative estimate of drug-likeness (QED) is 0.591. The van der Waals surface area contributed by atoms with E-state index in [0.29, 0.717) is 6.07 Å². The molecule has 0 atom stereocenters. The molecular weight excluding hydrogens is 334 g/mol. The van der Waals surface area contributed by atoms with Gasteiger partial charge >= 0.3 is 0 Å². The number of nitrogens with one attached hydrogen (secondary N) is 2. The fraction of sp³-hybridized carbons (Fsp3) is 0. The maximum absolute atomic E-state index is 13.6. The molecule has 8 heteroatoms. The number of pyridine rings is 1. The number of hydrazine groups is 1. The lowest BCUT2D eigenvalue weighted by molar-refractivity contribution is 0.102.